The van der Waals surface area contributed by atoms with E-state index in [4.69, 9.17) is 28.9 Å². The molecule has 2 atom stereocenters. The van der Waals surface area contributed by atoms with Crippen LogP contribution in [0.25, 0.3) is 0 Å². The number of rotatable bonds is 4. The minimum absolute atomic E-state index is 0.0522. The number of anilines is 1. The first-order valence-electron chi connectivity index (χ1n) is 7.12. The molecule has 0 aliphatic heterocycles. The van der Waals surface area contributed by atoms with E-state index in [9.17, 15) is 8.42 Å². The Labute approximate surface area is 136 Å². The van der Waals surface area contributed by atoms with Gasteiger partial charge in [-0.15, -0.1) is 0 Å². The molecule has 1 aromatic rings. The molecule has 0 saturated heterocycles. The van der Waals surface area contributed by atoms with Gasteiger partial charge in [-0.3, -0.25) is 0 Å². The van der Waals surface area contributed by atoms with Gasteiger partial charge in [0.15, 0.2) is 0 Å². The van der Waals surface area contributed by atoms with Gasteiger partial charge in [0.1, 0.15) is 4.90 Å². The Bertz CT molecular complexity index is 596. The Morgan fingerprint density at radius 3 is 2.38 bits per heavy atom. The molecule has 2 unspecified atom stereocenters. The van der Waals surface area contributed by atoms with Gasteiger partial charge >= 0.3 is 0 Å². The van der Waals surface area contributed by atoms with E-state index in [0.29, 0.717) is 11.6 Å². The Morgan fingerprint density at radius 2 is 1.81 bits per heavy atom. The molecule has 118 valence electrons. The number of nitrogen functional groups attached to an aromatic ring is 1. The second kappa shape index (κ2) is 6.73. The predicted molar refractivity (Wildman–Crippen MR) is 87.2 cm³/mol. The molecule has 0 bridgehead atoms. The van der Waals surface area contributed by atoms with Gasteiger partial charge in [0.25, 0.3) is 0 Å². The number of hydrogen-bond donors (Lipinski definition) is 2. The molecule has 1 saturated carbocycles. The summed E-state index contributed by atoms with van der Waals surface area (Å²) < 4.78 is 28.0. The minimum Gasteiger partial charge on any atom is -0.399 e. The number of nitrogens with two attached hydrogens (primary N) is 1. The third-order valence-electron chi connectivity index (χ3n) is 4.03. The summed E-state index contributed by atoms with van der Waals surface area (Å²) in [4.78, 5) is -0.0829. The van der Waals surface area contributed by atoms with Gasteiger partial charge in [0.2, 0.25) is 10.0 Å². The summed E-state index contributed by atoms with van der Waals surface area (Å²) in [7, 11) is -3.75. The van der Waals surface area contributed by atoms with Crippen molar-refractivity contribution in [3.8, 4) is 0 Å². The second-order valence-electron chi connectivity index (χ2n) is 5.49. The zero-order chi connectivity index (χ0) is 15.6. The van der Waals surface area contributed by atoms with Crippen LogP contribution in [-0.2, 0) is 10.0 Å². The summed E-state index contributed by atoms with van der Waals surface area (Å²) in [5.41, 5.74) is 5.96. The molecule has 0 radical (unpaired) electrons. The third-order valence-corrected chi connectivity index (χ3v) is 6.44. The average molecular weight is 351 g/mol. The van der Waals surface area contributed by atoms with E-state index in [1.807, 2.05) is 0 Å². The van der Waals surface area contributed by atoms with Crippen LogP contribution in [0.4, 0.5) is 5.69 Å². The molecule has 0 spiro atoms. The summed E-state index contributed by atoms with van der Waals surface area (Å²) in [6.45, 7) is 2.08. The molecule has 3 N–H and O–H groups in total. The highest BCUT2D eigenvalue weighted by Crippen LogP contribution is 2.34. The van der Waals surface area contributed by atoms with Crippen molar-refractivity contribution < 1.29 is 8.42 Å². The summed E-state index contributed by atoms with van der Waals surface area (Å²) >= 11 is 12.0. The maximum absolute atomic E-state index is 12.6. The number of sulfonamides is 1. The quantitative estimate of drug-likeness (QED) is 0.810. The van der Waals surface area contributed by atoms with E-state index in [-0.39, 0.29) is 21.0 Å². The predicted octanol–water partition coefficient (Wildman–Crippen LogP) is 3.82. The van der Waals surface area contributed by atoms with Crippen LogP contribution in [0.1, 0.15) is 39.0 Å². The molecule has 0 aromatic heterocycles. The minimum atomic E-state index is -3.75. The zero-order valence-electron chi connectivity index (χ0n) is 11.9. The van der Waals surface area contributed by atoms with Gasteiger partial charge in [0, 0.05) is 11.7 Å². The molecular formula is C14H20Cl2N2O2S. The largest absolute Gasteiger partial charge is 0.399 e. The standard InChI is InChI=1S/C14H20Cl2N2O2S/c1-2-9-5-3-4-6-13(9)18-21(19,20)14-11(15)7-10(17)8-12(14)16/h7-9,13,18H,2-6,17H2,1H3. The Hall–Kier alpha value is -0.490. The lowest BCUT2D eigenvalue weighted by Crippen LogP contribution is -2.42. The molecule has 1 fully saturated rings. The lowest BCUT2D eigenvalue weighted by molar-refractivity contribution is 0.282. The first kappa shape index (κ1) is 16.9. The van der Waals surface area contributed by atoms with Crippen LogP contribution >= 0.6 is 23.2 Å². The lowest BCUT2D eigenvalue weighted by atomic mass is 9.83. The third kappa shape index (κ3) is 3.83. The van der Waals surface area contributed by atoms with Crippen molar-refractivity contribution >= 4 is 38.9 Å². The molecule has 1 aliphatic rings. The highest BCUT2D eigenvalue weighted by molar-refractivity contribution is 7.89. The fourth-order valence-electron chi connectivity index (χ4n) is 2.95. The monoisotopic (exact) mass is 350 g/mol. The molecule has 1 aliphatic carbocycles. The Morgan fingerprint density at radius 1 is 1.24 bits per heavy atom. The number of benzene rings is 1. The van der Waals surface area contributed by atoms with Crippen LogP contribution in [0.3, 0.4) is 0 Å². The topological polar surface area (TPSA) is 72.2 Å². The smallest absolute Gasteiger partial charge is 0.243 e. The van der Waals surface area contributed by atoms with E-state index < -0.39 is 10.0 Å². The van der Waals surface area contributed by atoms with E-state index >= 15 is 0 Å². The van der Waals surface area contributed by atoms with Crippen molar-refractivity contribution in [2.45, 2.75) is 50.0 Å². The number of hydrogen-bond acceptors (Lipinski definition) is 3. The highest BCUT2D eigenvalue weighted by atomic mass is 35.5. The van der Waals surface area contributed by atoms with Crippen LogP contribution in [0.5, 0.6) is 0 Å². The Balaban J connectivity index is 2.30. The molecule has 2 rings (SSSR count). The van der Waals surface area contributed by atoms with Crippen LogP contribution in [-0.4, -0.2) is 14.5 Å². The van der Waals surface area contributed by atoms with Crippen molar-refractivity contribution in [2.24, 2.45) is 5.92 Å². The van der Waals surface area contributed by atoms with Crippen LogP contribution in [0, 0.1) is 5.92 Å². The van der Waals surface area contributed by atoms with E-state index in [1.165, 1.54) is 12.1 Å². The van der Waals surface area contributed by atoms with Crippen molar-refractivity contribution in [1.29, 1.82) is 0 Å². The maximum Gasteiger partial charge on any atom is 0.243 e. The molecule has 0 amide bonds. The average Bonchev–Trinajstić information content (AvgIpc) is 2.37. The summed E-state index contributed by atoms with van der Waals surface area (Å²) in [5, 5.41) is 0.104. The normalized spacial score (nSPS) is 23.2. The van der Waals surface area contributed by atoms with Gasteiger partial charge in [0.05, 0.1) is 10.0 Å². The highest BCUT2D eigenvalue weighted by Gasteiger charge is 2.30. The summed E-state index contributed by atoms with van der Waals surface area (Å²) in [5.74, 6) is 0.361. The molecule has 7 heteroatoms. The van der Waals surface area contributed by atoms with Crippen molar-refractivity contribution in [2.75, 3.05) is 5.73 Å². The van der Waals surface area contributed by atoms with Gasteiger partial charge < -0.3 is 5.73 Å². The Kier molecular flexibility index (Phi) is 5.41. The lowest BCUT2D eigenvalue weighted by Gasteiger charge is -2.31. The van der Waals surface area contributed by atoms with E-state index in [0.717, 1.165) is 32.1 Å². The summed E-state index contributed by atoms with van der Waals surface area (Å²) in [6, 6.07) is 2.75. The van der Waals surface area contributed by atoms with Crippen LogP contribution in [0.2, 0.25) is 10.0 Å². The fourth-order valence-corrected chi connectivity index (χ4v) is 5.52. The molecule has 4 nitrogen and oxygen atoms in total. The molecule has 0 heterocycles. The van der Waals surface area contributed by atoms with E-state index in [2.05, 4.69) is 11.6 Å². The first-order valence-corrected chi connectivity index (χ1v) is 9.36. The van der Waals surface area contributed by atoms with Crippen LogP contribution < -0.4 is 10.5 Å². The molecule has 1 aromatic carbocycles. The maximum atomic E-state index is 12.6. The molecular weight excluding hydrogens is 331 g/mol. The van der Waals surface area contributed by atoms with Gasteiger partial charge in [-0.25, -0.2) is 13.1 Å². The second-order valence-corrected chi connectivity index (χ2v) is 7.96. The summed E-state index contributed by atoms with van der Waals surface area (Å²) in [6.07, 6.45) is 5.04. The van der Waals surface area contributed by atoms with E-state index in [1.54, 1.807) is 0 Å². The van der Waals surface area contributed by atoms with Crippen LogP contribution in [0.15, 0.2) is 17.0 Å². The number of halogens is 2. The van der Waals surface area contributed by atoms with Gasteiger partial charge in [-0.2, -0.15) is 0 Å². The number of nitrogens with one attached hydrogen (secondary N) is 1. The van der Waals surface area contributed by atoms with Crippen molar-refractivity contribution in [1.82, 2.24) is 4.72 Å². The first-order chi connectivity index (χ1) is 9.85. The zero-order valence-corrected chi connectivity index (χ0v) is 14.2. The molecule has 21 heavy (non-hydrogen) atoms. The van der Waals surface area contributed by atoms with Crippen molar-refractivity contribution in [3.05, 3.63) is 22.2 Å². The fraction of sp³-hybridized carbons (Fsp3) is 0.571. The van der Waals surface area contributed by atoms with Gasteiger partial charge in [-0.05, 0) is 30.9 Å². The SMILES string of the molecule is CCC1CCCCC1NS(=O)(=O)c1c(Cl)cc(N)cc1Cl. The van der Waals surface area contributed by atoms with Gasteiger partial charge in [-0.1, -0.05) is 49.4 Å². The van der Waals surface area contributed by atoms with Crippen molar-refractivity contribution in [3.63, 3.8) is 0 Å².